The molecule has 7 nitrogen and oxygen atoms in total. The molecule has 3 aromatic rings. The van der Waals surface area contributed by atoms with E-state index in [0.29, 0.717) is 30.8 Å². The van der Waals surface area contributed by atoms with E-state index in [9.17, 15) is 14.4 Å². The van der Waals surface area contributed by atoms with Gasteiger partial charge in [-0.05, 0) is 61.2 Å². The van der Waals surface area contributed by atoms with Crippen LogP contribution in [0.4, 0.5) is 5.69 Å². The molecule has 0 heterocycles. The number of thiocarbonyl (C=S) groups is 1. The van der Waals surface area contributed by atoms with E-state index in [1.807, 2.05) is 66.7 Å². The van der Waals surface area contributed by atoms with Crippen LogP contribution in [0, 0.1) is 0 Å². The largest absolute Gasteiger partial charge is 0.466 e. The van der Waals surface area contributed by atoms with Crippen molar-refractivity contribution in [2.24, 2.45) is 0 Å². The van der Waals surface area contributed by atoms with Gasteiger partial charge in [0.1, 0.15) is 0 Å². The average Bonchev–Trinajstić information content (AvgIpc) is 2.96. The third kappa shape index (κ3) is 10.3. The Bertz CT molecular complexity index is 1230. The summed E-state index contributed by atoms with van der Waals surface area (Å²) in [5.74, 6) is -0.832. The Morgan fingerprint density at radius 3 is 2.10 bits per heavy atom. The fraction of sp³-hybridized carbons (Fsp3) is 0.290. The molecule has 0 radical (unpaired) electrons. The quantitative estimate of drug-likeness (QED) is 0.182. The zero-order valence-electron chi connectivity index (χ0n) is 22.2. The standard InChI is InChI=1S/C31H35N3O4S/c1-34(27-18-9-8-17-26(27)30(37)32-22-21-25-14-6-3-7-15-25)31(39)33-28(35)19-10-20-29(36)38-23-11-16-24-12-4-2-5-13-24/h2-9,12-15,17-18H,10-11,16,19-23H2,1H3,(H,32,37)(H,33,35,39). The minimum absolute atomic E-state index is 0.134. The molecule has 2 amide bonds. The molecule has 0 bridgehead atoms. The smallest absolute Gasteiger partial charge is 0.305 e. The molecule has 0 atom stereocenters. The molecule has 0 spiro atoms. The molecule has 0 aliphatic heterocycles. The topological polar surface area (TPSA) is 87.7 Å². The van der Waals surface area contributed by atoms with Crippen LogP contribution in [0.1, 0.15) is 47.2 Å². The van der Waals surface area contributed by atoms with Gasteiger partial charge in [0.15, 0.2) is 5.11 Å². The lowest BCUT2D eigenvalue weighted by molar-refractivity contribution is -0.143. The predicted octanol–water partition coefficient (Wildman–Crippen LogP) is 4.84. The number of amides is 2. The van der Waals surface area contributed by atoms with Crippen LogP contribution < -0.4 is 15.5 Å². The molecule has 0 aromatic heterocycles. The van der Waals surface area contributed by atoms with E-state index in [4.69, 9.17) is 17.0 Å². The maximum absolute atomic E-state index is 12.9. The lowest BCUT2D eigenvalue weighted by atomic mass is 10.1. The summed E-state index contributed by atoms with van der Waals surface area (Å²) >= 11 is 5.42. The van der Waals surface area contributed by atoms with Crippen molar-refractivity contribution < 1.29 is 19.1 Å². The number of ether oxygens (including phenoxy) is 1. The number of aryl methyl sites for hydroxylation is 1. The number of nitrogens with zero attached hydrogens (tertiary/aromatic N) is 1. The molecule has 0 unspecified atom stereocenters. The molecule has 39 heavy (non-hydrogen) atoms. The van der Waals surface area contributed by atoms with Gasteiger partial charge >= 0.3 is 5.97 Å². The van der Waals surface area contributed by atoms with Gasteiger partial charge in [0.25, 0.3) is 5.91 Å². The Kier molecular flexibility index (Phi) is 12.1. The highest BCUT2D eigenvalue weighted by molar-refractivity contribution is 7.80. The molecule has 0 aliphatic rings. The summed E-state index contributed by atoms with van der Waals surface area (Å²) in [6, 6.07) is 27.1. The Labute approximate surface area is 235 Å². The summed E-state index contributed by atoms with van der Waals surface area (Å²) in [6.07, 6.45) is 2.97. The summed E-state index contributed by atoms with van der Waals surface area (Å²) in [5, 5.41) is 5.81. The summed E-state index contributed by atoms with van der Waals surface area (Å²) < 4.78 is 5.27. The highest BCUT2D eigenvalue weighted by Gasteiger charge is 2.18. The monoisotopic (exact) mass is 545 g/mol. The summed E-state index contributed by atoms with van der Waals surface area (Å²) in [6.45, 7) is 0.853. The normalized spacial score (nSPS) is 10.4. The van der Waals surface area contributed by atoms with Gasteiger partial charge in [0.05, 0.1) is 17.9 Å². The van der Waals surface area contributed by atoms with Gasteiger partial charge in [-0.25, -0.2) is 0 Å². The van der Waals surface area contributed by atoms with Crippen molar-refractivity contribution in [1.82, 2.24) is 10.6 Å². The lowest BCUT2D eigenvalue weighted by Crippen LogP contribution is -2.41. The van der Waals surface area contributed by atoms with Crippen molar-refractivity contribution in [3.05, 3.63) is 102 Å². The number of para-hydroxylation sites is 1. The molecule has 204 valence electrons. The molecule has 0 saturated carbocycles. The van der Waals surface area contributed by atoms with Gasteiger partial charge in [-0.1, -0.05) is 72.8 Å². The lowest BCUT2D eigenvalue weighted by Gasteiger charge is -2.23. The van der Waals surface area contributed by atoms with E-state index in [0.717, 1.165) is 24.8 Å². The number of hydrogen-bond acceptors (Lipinski definition) is 5. The first-order valence-electron chi connectivity index (χ1n) is 13.1. The molecule has 2 N–H and O–H groups in total. The predicted molar refractivity (Wildman–Crippen MR) is 158 cm³/mol. The molecule has 0 aliphatic carbocycles. The van der Waals surface area contributed by atoms with Gasteiger partial charge in [-0.3, -0.25) is 14.4 Å². The third-order valence-electron chi connectivity index (χ3n) is 6.10. The minimum atomic E-state index is -0.317. The fourth-order valence-corrected chi connectivity index (χ4v) is 4.18. The maximum atomic E-state index is 12.9. The number of esters is 1. The highest BCUT2D eigenvalue weighted by atomic mass is 32.1. The molecule has 0 saturated heterocycles. The highest BCUT2D eigenvalue weighted by Crippen LogP contribution is 2.19. The summed E-state index contributed by atoms with van der Waals surface area (Å²) in [7, 11) is 1.70. The second-order valence-corrected chi connectivity index (χ2v) is 9.47. The molecule has 3 aromatic carbocycles. The van der Waals surface area contributed by atoms with Crippen LogP contribution in [0.15, 0.2) is 84.9 Å². The molecule has 3 rings (SSSR count). The Morgan fingerprint density at radius 2 is 1.41 bits per heavy atom. The van der Waals surface area contributed by atoms with Crippen LogP contribution in [-0.2, 0) is 27.2 Å². The van der Waals surface area contributed by atoms with Crippen molar-refractivity contribution in [3.63, 3.8) is 0 Å². The Morgan fingerprint density at radius 1 is 0.795 bits per heavy atom. The van der Waals surface area contributed by atoms with E-state index in [1.165, 1.54) is 5.56 Å². The van der Waals surface area contributed by atoms with E-state index < -0.39 is 0 Å². The molecular weight excluding hydrogens is 510 g/mol. The number of rotatable bonds is 13. The molecular formula is C31H35N3O4S. The van der Waals surface area contributed by atoms with Crippen LogP contribution in [0.2, 0.25) is 0 Å². The minimum Gasteiger partial charge on any atom is -0.466 e. The first-order chi connectivity index (χ1) is 18.9. The number of benzene rings is 3. The number of hydrogen-bond donors (Lipinski definition) is 2. The van der Waals surface area contributed by atoms with Gasteiger partial charge in [-0.2, -0.15) is 0 Å². The zero-order chi connectivity index (χ0) is 27.9. The molecule has 8 heteroatoms. The zero-order valence-corrected chi connectivity index (χ0v) is 23.0. The van der Waals surface area contributed by atoms with Gasteiger partial charge in [0, 0.05) is 26.4 Å². The van der Waals surface area contributed by atoms with Crippen LogP contribution in [0.25, 0.3) is 0 Å². The van der Waals surface area contributed by atoms with Crippen LogP contribution in [-0.4, -0.2) is 43.1 Å². The summed E-state index contributed by atoms with van der Waals surface area (Å²) in [4.78, 5) is 38.9. The Hall–Kier alpha value is -4.04. The van der Waals surface area contributed by atoms with E-state index >= 15 is 0 Å². The average molecular weight is 546 g/mol. The van der Waals surface area contributed by atoms with Gasteiger partial charge in [0.2, 0.25) is 5.91 Å². The van der Waals surface area contributed by atoms with Crippen LogP contribution in [0.3, 0.4) is 0 Å². The van der Waals surface area contributed by atoms with Crippen molar-refractivity contribution in [2.75, 3.05) is 25.1 Å². The number of carbonyl (C=O) groups excluding carboxylic acids is 3. The van der Waals surface area contributed by atoms with Crippen LogP contribution in [0.5, 0.6) is 0 Å². The first-order valence-corrected chi connectivity index (χ1v) is 13.5. The molecule has 0 fully saturated rings. The van der Waals surface area contributed by atoms with Crippen LogP contribution >= 0.6 is 12.2 Å². The maximum Gasteiger partial charge on any atom is 0.305 e. The van der Waals surface area contributed by atoms with E-state index in [1.54, 1.807) is 30.1 Å². The van der Waals surface area contributed by atoms with Crippen molar-refractivity contribution in [1.29, 1.82) is 0 Å². The number of anilines is 1. The van der Waals surface area contributed by atoms with Crippen molar-refractivity contribution in [2.45, 2.75) is 38.5 Å². The SMILES string of the molecule is CN(C(=S)NC(=O)CCCC(=O)OCCCc1ccccc1)c1ccccc1C(=O)NCCc1ccccc1. The summed E-state index contributed by atoms with van der Waals surface area (Å²) in [5.41, 5.74) is 3.39. The van der Waals surface area contributed by atoms with Gasteiger partial charge < -0.3 is 20.3 Å². The first kappa shape index (κ1) is 29.5. The van der Waals surface area contributed by atoms with Crippen molar-refractivity contribution in [3.8, 4) is 0 Å². The third-order valence-corrected chi connectivity index (χ3v) is 6.48. The van der Waals surface area contributed by atoms with E-state index in [-0.39, 0.29) is 35.7 Å². The second kappa shape index (κ2) is 16.0. The number of nitrogens with one attached hydrogen (secondary N) is 2. The fourth-order valence-electron chi connectivity index (χ4n) is 3.97. The number of carbonyl (C=O) groups is 3. The van der Waals surface area contributed by atoms with Gasteiger partial charge in [-0.15, -0.1) is 0 Å². The second-order valence-electron chi connectivity index (χ2n) is 9.08. The van der Waals surface area contributed by atoms with Crippen molar-refractivity contribution >= 4 is 40.8 Å². The van der Waals surface area contributed by atoms with E-state index in [2.05, 4.69) is 10.6 Å². The Balaban J connectivity index is 1.38.